The van der Waals surface area contributed by atoms with Gasteiger partial charge in [-0.1, -0.05) is 25.5 Å². The summed E-state index contributed by atoms with van der Waals surface area (Å²) >= 11 is 0. The van der Waals surface area contributed by atoms with Gasteiger partial charge in [-0.2, -0.15) is 5.10 Å². The van der Waals surface area contributed by atoms with E-state index in [2.05, 4.69) is 17.1 Å². The first-order chi connectivity index (χ1) is 9.70. The second-order valence-electron chi connectivity index (χ2n) is 4.40. The number of benzene rings is 1. The van der Waals surface area contributed by atoms with Crippen molar-refractivity contribution in [2.75, 3.05) is 0 Å². The van der Waals surface area contributed by atoms with Gasteiger partial charge in [-0.3, -0.25) is 0 Å². The Balaban J connectivity index is 2.12. The third-order valence-corrected chi connectivity index (χ3v) is 2.87. The molecule has 104 valence electrons. The van der Waals surface area contributed by atoms with Crippen molar-refractivity contribution in [3.05, 3.63) is 47.7 Å². The molecule has 0 aliphatic carbocycles. The van der Waals surface area contributed by atoms with Crippen LogP contribution in [0.5, 0.6) is 11.6 Å². The number of hydrogen-bond donors (Lipinski definition) is 1. The van der Waals surface area contributed by atoms with E-state index in [9.17, 15) is 4.79 Å². The second kappa shape index (κ2) is 6.65. The summed E-state index contributed by atoms with van der Waals surface area (Å²) in [5.41, 5.74) is 1.23. The molecular formula is C15H16N2O3. The minimum atomic E-state index is -1.09. The topological polar surface area (TPSA) is 72.3 Å². The van der Waals surface area contributed by atoms with Gasteiger partial charge in [0.2, 0.25) is 0 Å². The Kier molecular flexibility index (Phi) is 4.65. The van der Waals surface area contributed by atoms with E-state index < -0.39 is 5.97 Å². The standard InChI is InChI=1S/C15H16N2O3/c1-2-3-4-11-5-7-12(8-6-11)20-14-13(15(18)19)9-10-16-17-14/h5-10H,2-4H2,1H3,(H,18,19). The molecule has 0 fully saturated rings. The van der Waals surface area contributed by atoms with Gasteiger partial charge in [0.1, 0.15) is 11.3 Å². The molecule has 0 radical (unpaired) electrons. The fourth-order valence-corrected chi connectivity index (χ4v) is 1.77. The molecule has 1 aromatic heterocycles. The molecule has 0 amide bonds. The summed E-state index contributed by atoms with van der Waals surface area (Å²) in [6, 6.07) is 8.93. The van der Waals surface area contributed by atoms with Crippen LogP contribution in [-0.2, 0) is 6.42 Å². The summed E-state index contributed by atoms with van der Waals surface area (Å²) in [6.45, 7) is 2.15. The largest absolute Gasteiger partial charge is 0.477 e. The molecule has 2 aromatic rings. The zero-order chi connectivity index (χ0) is 14.4. The van der Waals surface area contributed by atoms with Crippen molar-refractivity contribution in [2.45, 2.75) is 26.2 Å². The van der Waals surface area contributed by atoms with E-state index in [0.29, 0.717) is 5.75 Å². The average molecular weight is 272 g/mol. The molecule has 5 nitrogen and oxygen atoms in total. The summed E-state index contributed by atoms with van der Waals surface area (Å²) in [5.74, 6) is -0.538. The van der Waals surface area contributed by atoms with E-state index in [1.807, 2.05) is 24.3 Å². The number of carboxylic acid groups (broad SMARTS) is 1. The number of carbonyl (C=O) groups is 1. The van der Waals surface area contributed by atoms with Gasteiger partial charge in [-0.25, -0.2) is 4.79 Å². The molecule has 1 aromatic carbocycles. The van der Waals surface area contributed by atoms with E-state index in [1.165, 1.54) is 17.8 Å². The average Bonchev–Trinajstić information content (AvgIpc) is 2.47. The van der Waals surface area contributed by atoms with Gasteiger partial charge in [-0.05, 0) is 36.6 Å². The lowest BCUT2D eigenvalue weighted by Gasteiger charge is -2.07. The van der Waals surface area contributed by atoms with Crippen LogP contribution in [0.25, 0.3) is 0 Å². The molecule has 0 spiro atoms. The maximum Gasteiger partial charge on any atom is 0.341 e. The third-order valence-electron chi connectivity index (χ3n) is 2.87. The van der Waals surface area contributed by atoms with Gasteiger partial charge in [0, 0.05) is 0 Å². The van der Waals surface area contributed by atoms with Crippen LogP contribution in [-0.4, -0.2) is 21.3 Å². The lowest BCUT2D eigenvalue weighted by atomic mass is 10.1. The highest BCUT2D eigenvalue weighted by Gasteiger charge is 2.13. The monoisotopic (exact) mass is 272 g/mol. The summed E-state index contributed by atoms with van der Waals surface area (Å²) in [6.07, 6.45) is 4.65. The number of aryl methyl sites for hydroxylation is 1. The maximum absolute atomic E-state index is 11.0. The van der Waals surface area contributed by atoms with Crippen molar-refractivity contribution in [3.8, 4) is 11.6 Å². The van der Waals surface area contributed by atoms with Crippen molar-refractivity contribution in [1.29, 1.82) is 0 Å². The Labute approximate surface area is 117 Å². The molecule has 0 bridgehead atoms. The lowest BCUT2D eigenvalue weighted by molar-refractivity contribution is 0.0693. The molecule has 20 heavy (non-hydrogen) atoms. The predicted octanol–water partition coefficient (Wildman–Crippen LogP) is 3.31. The van der Waals surface area contributed by atoms with E-state index in [1.54, 1.807) is 0 Å². The predicted molar refractivity (Wildman–Crippen MR) is 74.1 cm³/mol. The molecule has 1 N–H and O–H groups in total. The zero-order valence-electron chi connectivity index (χ0n) is 11.2. The van der Waals surface area contributed by atoms with E-state index in [4.69, 9.17) is 9.84 Å². The minimum Gasteiger partial charge on any atom is -0.477 e. The zero-order valence-corrected chi connectivity index (χ0v) is 11.2. The van der Waals surface area contributed by atoms with Crippen molar-refractivity contribution in [2.24, 2.45) is 0 Å². The Morgan fingerprint density at radius 2 is 2.00 bits per heavy atom. The fraction of sp³-hybridized carbons (Fsp3) is 0.267. The first-order valence-electron chi connectivity index (χ1n) is 6.52. The fourth-order valence-electron chi connectivity index (χ4n) is 1.77. The summed E-state index contributed by atoms with van der Waals surface area (Å²) in [5, 5.41) is 16.4. The molecule has 0 aliphatic heterocycles. The minimum absolute atomic E-state index is 0.00121. The van der Waals surface area contributed by atoms with Gasteiger partial charge in [0.15, 0.2) is 0 Å². The molecule has 5 heteroatoms. The van der Waals surface area contributed by atoms with Crippen LogP contribution in [0.2, 0.25) is 0 Å². The SMILES string of the molecule is CCCCc1ccc(Oc2nnccc2C(=O)O)cc1. The first-order valence-corrected chi connectivity index (χ1v) is 6.52. The van der Waals surface area contributed by atoms with E-state index >= 15 is 0 Å². The van der Waals surface area contributed by atoms with Crippen LogP contribution in [0.3, 0.4) is 0 Å². The molecule has 0 unspecified atom stereocenters. The van der Waals surface area contributed by atoms with Crippen LogP contribution < -0.4 is 4.74 Å². The Morgan fingerprint density at radius 1 is 1.25 bits per heavy atom. The molecule has 0 saturated carbocycles. The quantitative estimate of drug-likeness (QED) is 0.873. The van der Waals surface area contributed by atoms with E-state index in [-0.39, 0.29) is 11.4 Å². The first kappa shape index (κ1) is 14.0. The number of rotatable bonds is 6. The molecule has 0 saturated heterocycles. The maximum atomic E-state index is 11.0. The highest BCUT2D eigenvalue weighted by atomic mass is 16.5. The van der Waals surface area contributed by atoms with E-state index in [0.717, 1.165) is 19.3 Å². The number of unbranched alkanes of at least 4 members (excludes halogenated alkanes) is 1. The molecule has 0 atom stereocenters. The number of carboxylic acids is 1. The van der Waals surface area contributed by atoms with Crippen LogP contribution in [0, 0.1) is 0 Å². The van der Waals surface area contributed by atoms with Gasteiger partial charge in [0.25, 0.3) is 5.88 Å². The highest BCUT2D eigenvalue weighted by molar-refractivity contribution is 5.90. The molecule has 1 heterocycles. The Morgan fingerprint density at radius 3 is 2.65 bits per heavy atom. The lowest BCUT2D eigenvalue weighted by Crippen LogP contribution is -2.02. The smallest absolute Gasteiger partial charge is 0.341 e. The van der Waals surface area contributed by atoms with Gasteiger partial charge in [-0.15, -0.1) is 5.10 Å². The van der Waals surface area contributed by atoms with Crippen molar-refractivity contribution in [1.82, 2.24) is 10.2 Å². The number of aromatic carboxylic acids is 1. The van der Waals surface area contributed by atoms with Gasteiger partial charge in [0.05, 0.1) is 6.20 Å². The Bertz CT molecular complexity index is 582. The van der Waals surface area contributed by atoms with Crippen LogP contribution in [0.1, 0.15) is 35.7 Å². The van der Waals surface area contributed by atoms with Crippen LogP contribution >= 0.6 is 0 Å². The Hall–Kier alpha value is -2.43. The van der Waals surface area contributed by atoms with Gasteiger partial charge >= 0.3 is 5.97 Å². The van der Waals surface area contributed by atoms with Crippen LogP contribution in [0.15, 0.2) is 36.5 Å². The summed E-state index contributed by atoms with van der Waals surface area (Å²) < 4.78 is 5.48. The highest BCUT2D eigenvalue weighted by Crippen LogP contribution is 2.23. The van der Waals surface area contributed by atoms with Crippen molar-refractivity contribution < 1.29 is 14.6 Å². The number of hydrogen-bond acceptors (Lipinski definition) is 4. The normalized spacial score (nSPS) is 10.2. The summed E-state index contributed by atoms with van der Waals surface area (Å²) in [7, 11) is 0. The van der Waals surface area contributed by atoms with Crippen molar-refractivity contribution in [3.63, 3.8) is 0 Å². The molecule has 2 rings (SSSR count). The second-order valence-corrected chi connectivity index (χ2v) is 4.40. The number of nitrogens with zero attached hydrogens (tertiary/aromatic N) is 2. The third kappa shape index (κ3) is 3.54. The molecular weight excluding hydrogens is 256 g/mol. The summed E-state index contributed by atoms with van der Waals surface area (Å²) in [4.78, 5) is 11.0. The van der Waals surface area contributed by atoms with Gasteiger partial charge < -0.3 is 9.84 Å². The molecule has 0 aliphatic rings. The number of aromatic nitrogens is 2. The van der Waals surface area contributed by atoms with Crippen LogP contribution in [0.4, 0.5) is 0 Å². The van der Waals surface area contributed by atoms with Crippen molar-refractivity contribution >= 4 is 5.97 Å². The number of ether oxygens (including phenoxy) is 1.